The maximum atomic E-state index is 12.1. The lowest BCUT2D eigenvalue weighted by molar-refractivity contribution is -0.385. The fourth-order valence-corrected chi connectivity index (χ4v) is 1.94. The number of H-pyrrole nitrogens is 1. The van der Waals surface area contributed by atoms with Crippen LogP contribution in [-0.4, -0.2) is 21.0 Å². The number of aromatic amines is 1. The van der Waals surface area contributed by atoms with Crippen LogP contribution in [0, 0.1) is 30.9 Å². The van der Waals surface area contributed by atoms with Gasteiger partial charge in [0.2, 0.25) is 0 Å². The van der Waals surface area contributed by atoms with Crippen LogP contribution in [0.5, 0.6) is 0 Å². The van der Waals surface area contributed by atoms with E-state index in [0.29, 0.717) is 22.5 Å². The Morgan fingerprint density at radius 1 is 1.30 bits per heavy atom. The summed E-state index contributed by atoms with van der Waals surface area (Å²) in [5.41, 5.74) is 2.78. The van der Waals surface area contributed by atoms with Gasteiger partial charge in [-0.15, -0.1) is 0 Å². The van der Waals surface area contributed by atoms with Crippen LogP contribution in [0.3, 0.4) is 0 Å². The molecule has 0 saturated carbocycles. The number of anilines is 1. The van der Waals surface area contributed by atoms with Gasteiger partial charge in [0.1, 0.15) is 0 Å². The molecule has 0 spiro atoms. The van der Waals surface area contributed by atoms with Gasteiger partial charge < -0.3 is 5.32 Å². The SMILES string of the molecule is Cc1cc(C)c([N+](=O)[O-])cc1NC(=O)c1cn[nH]c1C. The smallest absolute Gasteiger partial charge is 0.274 e. The van der Waals surface area contributed by atoms with Crippen LogP contribution >= 0.6 is 0 Å². The molecule has 2 N–H and O–H groups in total. The molecule has 0 radical (unpaired) electrons. The lowest BCUT2D eigenvalue weighted by Crippen LogP contribution is -2.13. The van der Waals surface area contributed by atoms with Gasteiger partial charge >= 0.3 is 0 Å². The van der Waals surface area contributed by atoms with E-state index in [1.165, 1.54) is 12.3 Å². The number of hydrogen-bond donors (Lipinski definition) is 2. The number of hydrogen-bond acceptors (Lipinski definition) is 4. The number of carbonyl (C=O) groups is 1. The topological polar surface area (TPSA) is 101 Å². The molecule has 7 heteroatoms. The van der Waals surface area contributed by atoms with Gasteiger partial charge in [-0.25, -0.2) is 0 Å². The fraction of sp³-hybridized carbons (Fsp3) is 0.231. The summed E-state index contributed by atoms with van der Waals surface area (Å²) in [6.07, 6.45) is 1.42. The molecule has 1 heterocycles. The van der Waals surface area contributed by atoms with E-state index in [1.807, 2.05) is 0 Å². The van der Waals surface area contributed by atoms with Crippen LogP contribution in [0.15, 0.2) is 18.3 Å². The van der Waals surface area contributed by atoms with E-state index in [9.17, 15) is 14.9 Å². The molecule has 0 aliphatic heterocycles. The Bertz CT molecular complexity index is 691. The molecule has 0 bridgehead atoms. The van der Waals surface area contributed by atoms with Gasteiger partial charge in [0.25, 0.3) is 11.6 Å². The zero-order chi connectivity index (χ0) is 14.9. The van der Waals surface area contributed by atoms with E-state index in [2.05, 4.69) is 15.5 Å². The van der Waals surface area contributed by atoms with E-state index >= 15 is 0 Å². The van der Waals surface area contributed by atoms with Crippen molar-refractivity contribution in [3.63, 3.8) is 0 Å². The van der Waals surface area contributed by atoms with Gasteiger partial charge in [-0.05, 0) is 32.4 Å². The third-order valence-corrected chi connectivity index (χ3v) is 3.06. The second kappa shape index (κ2) is 5.12. The van der Waals surface area contributed by atoms with E-state index < -0.39 is 4.92 Å². The van der Waals surface area contributed by atoms with Crippen LogP contribution < -0.4 is 5.32 Å². The molecule has 0 saturated heterocycles. The summed E-state index contributed by atoms with van der Waals surface area (Å²) in [5.74, 6) is -0.350. The van der Waals surface area contributed by atoms with Crippen molar-refractivity contribution in [1.82, 2.24) is 10.2 Å². The van der Waals surface area contributed by atoms with Crippen LogP contribution in [0.1, 0.15) is 27.2 Å². The molecular formula is C13H14N4O3. The van der Waals surface area contributed by atoms with Crippen molar-refractivity contribution in [2.24, 2.45) is 0 Å². The molecule has 1 aromatic carbocycles. The van der Waals surface area contributed by atoms with Crippen molar-refractivity contribution in [2.45, 2.75) is 20.8 Å². The monoisotopic (exact) mass is 274 g/mol. The first-order chi connectivity index (χ1) is 9.40. The van der Waals surface area contributed by atoms with Crippen molar-refractivity contribution >= 4 is 17.3 Å². The minimum Gasteiger partial charge on any atom is -0.321 e. The first-order valence-corrected chi connectivity index (χ1v) is 5.97. The van der Waals surface area contributed by atoms with E-state index in [1.54, 1.807) is 26.8 Å². The van der Waals surface area contributed by atoms with Gasteiger partial charge in [-0.1, -0.05) is 0 Å². The average molecular weight is 274 g/mol. The van der Waals surface area contributed by atoms with E-state index in [0.717, 1.165) is 5.56 Å². The van der Waals surface area contributed by atoms with Crippen LogP contribution in [0.25, 0.3) is 0 Å². The molecule has 104 valence electrons. The normalized spacial score (nSPS) is 10.3. The average Bonchev–Trinajstić information content (AvgIpc) is 2.78. The van der Waals surface area contributed by atoms with Crippen LogP contribution in [0.4, 0.5) is 11.4 Å². The highest BCUT2D eigenvalue weighted by atomic mass is 16.6. The van der Waals surface area contributed by atoms with Crippen LogP contribution in [0.2, 0.25) is 0 Å². The standard InChI is InChI=1S/C13H14N4O3/c1-7-4-8(2)12(17(19)20)5-11(7)15-13(18)10-6-14-16-9(10)3/h4-6H,1-3H3,(H,14,16)(H,15,18). The van der Waals surface area contributed by atoms with E-state index in [4.69, 9.17) is 0 Å². The van der Waals surface area contributed by atoms with Gasteiger partial charge in [0.15, 0.2) is 0 Å². The summed E-state index contributed by atoms with van der Waals surface area (Å²) < 4.78 is 0. The maximum Gasteiger partial charge on any atom is 0.274 e. The number of nitro groups is 1. The Hall–Kier alpha value is -2.70. The maximum absolute atomic E-state index is 12.1. The molecule has 0 aliphatic rings. The van der Waals surface area contributed by atoms with Crippen molar-refractivity contribution in [3.8, 4) is 0 Å². The lowest BCUT2D eigenvalue weighted by atomic mass is 10.1. The lowest BCUT2D eigenvalue weighted by Gasteiger charge is -2.09. The van der Waals surface area contributed by atoms with Gasteiger partial charge in [0.05, 0.1) is 22.4 Å². The van der Waals surface area contributed by atoms with Crippen molar-refractivity contribution < 1.29 is 9.72 Å². The first-order valence-electron chi connectivity index (χ1n) is 5.97. The predicted molar refractivity (Wildman–Crippen MR) is 73.8 cm³/mol. The van der Waals surface area contributed by atoms with Crippen LogP contribution in [-0.2, 0) is 0 Å². The minimum atomic E-state index is -0.465. The zero-order valence-corrected chi connectivity index (χ0v) is 11.4. The molecule has 0 fully saturated rings. The molecule has 2 aromatic rings. The third kappa shape index (κ3) is 2.51. The third-order valence-electron chi connectivity index (χ3n) is 3.06. The van der Waals surface area contributed by atoms with Gasteiger partial charge in [-0.2, -0.15) is 5.10 Å². The second-order valence-corrected chi connectivity index (χ2v) is 4.57. The quantitative estimate of drug-likeness (QED) is 0.663. The van der Waals surface area contributed by atoms with Gasteiger partial charge in [-0.3, -0.25) is 20.0 Å². The summed E-state index contributed by atoms with van der Waals surface area (Å²) in [6, 6.07) is 3.05. The number of aryl methyl sites for hydroxylation is 3. The zero-order valence-electron chi connectivity index (χ0n) is 11.4. The summed E-state index contributed by atoms with van der Waals surface area (Å²) >= 11 is 0. The molecular weight excluding hydrogens is 260 g/mol. The number of carbonyl (C=O) groups excluding carboxylic acids is 1. The molecule has 20 heavy (non-hydrogen) atoms. The highest BCUT2D eigenvalue weighted by molar-refractivity contribution is 6.05. The van der Waals surface area contributed by atoms with Crippen molar-refractivity contribution in [1.29, 1.82) is 0 Å². The summed E-state index contributed by atoms with van der Waals surface area (Å²) in [7, 11) is 0. The summed E-state index contributed by atoms with van der Waals surface area (Å²) in [5, 5.41) is 20.0. The Labute approximate surface area is 115 Å². The number of amides is 1. The molecule has 7 nitrogen and oxygen atoms in total. The highest BCUT2D eigenvalue weighted by Crippen LogP contribution is 2.26. The highest BCUT2D eigenvalue weighted by Gasteiger charge is 2.17. The molecule has 0 aliphatic carbocycles. The van der Waals surface area contributed by atoms with Crippen molar-refractivity contribution in [3.05, 3.63) is 50.8 Å². The Kier molecular flexibility index (Phi) is 3.51. The predicted octanol–water partition coefficient (Wildman–Crippen LogP) is 2.50. The molecule has 0 atom stereocenters. The molecule has 1 amide bonds. The summed E-state index contributed by atoms with van der Waals surface area (Å²) in [6.45, 7) is 5.18. The number of rotatable bonds is 3. The minimum absolute atomic E-state index is 0.0187. The fourth-order valence-electron chi connectivity index (χ4n) is 1.94. The van der Waals surface area contributed by atoms with Crippen molar-refractivity contribution in [2.75, 3.05) is 5.32 Å². The molecule has 1 aromatic heterocycles. The Morgan fingerprint density at radius 3 is 2.55 bits per heavy atom. The molecule has 2 rings (SSSR count). The number of nitrogens with one attached hydrogen (secondary N) is 2. The van der Waals surface area contributed by atoms with Gasteiger partial charge in [0, 0.05) is 17.3 Å². The Morgan fingerprint density at radius 2 is 2.00 bits per heavy atom. The number of benzene rings is 1. The van der Waals surface area contributed by atoms with E-state index in [-0.39, 0.29) is 11.6 Å². The Balaban J connectivity index is 2.34. The summed E-state index contributed by atoms with van der Waals surface area (Å²) in [4.78, 5) is 22.5. The molecule has 0 unspecified atom stereocenters. The second-order valence-electron chi connectivity index (χ2n) is 4.57. The first kappa shape index (κ1) is 13.7. The number of aromatic nitrogens is 2. The number of nitro benzene ring substituents is 1. The largest absolute Gasteiger partial charge is 0.321 e. The number of nitrogens with zero attached hydrogens (tertiary/aromatic N) is 2.